The second-order valence-corrected chi connectivity index (χ2v) is 3.31. The predicted molar refractivity (Wildman–Crippen MR) is 42.3 cm³/mol. The van der Waals surface area contributed by atoms with E-state index < -0.39 is 0 Å². The first-order chi connectivity index (χ1) is 5.75. The van der Waals surface area contributed by atoms with Crippen LogP contribution < -0.4 is 10.7 Å². The average molecular weight is 171 g/mol. The van der Waals surface area contributed by atoms with Crippen LogP contribution in [0.2, 0.25) is 0 Å². The maximum Gasteiger partial charge on any atom is 0.252 e. The lowest BCUT2D eigenvalue weighted by molar-refractivity contribution is -0.123. The number of likely N-dealkylation sites (N-methyl/N-ethyl adjacent to an activating group) is 1. The molecular weight excluding hydrogens is 158 g/mol. The summed E-state index contributed by atoms with van der Waals surface area (Å²) in [6, 6.07) is 0.302. The molecule has 2 fully saturated rings. The van der Waals surface area contributed by atoms with Crippen molar-refractivity contribution < 1.29 is 9.53 Å². The van der Waals surface area contributed by atoms with E-state index in [1.807, 2.05) is 7.05 Å². The Balaban J connectivity index is 1.83. The molecule has 5 heteroatoms. The number of rotatable bonds is 2. The lowest BCUT2D eigenvalue weighted by Gasteiger charge is -2.28. The third-order valence-corrected chi connectivity index (χ3v) is 2.15. The topological polar surface area (TPSA) is 53.6 Å². The van der Waals surface area contributed by atoms with Crippen molar-refractivity contribution in [3.8, 4) is 0 Å². The summed E-state index contributed by atoms with van der Waals surface area (Å²) in [5.74, 6) is 0.0596. The minimum Gasteiger partial charge on any atom is -0.378 e. The highest BCUT2D eigenvalue weighted by atomic mass is 16.5. The fourth-order valence-electron chi connectivity index (χ4n) is 1.41. The molecule has 2 rings (SSSR count). The standard InChI is InChI=1S/C7H13N3O2/c1-10-2-6(7(11)9-10)8-5-3-12-4-5/h5-6,8H,2-4H2,1H3,(H,9,11). The van der Waals surface area contributed by atoms with E-state index in [2.05, 4.69) is 10.7 Å². The van der Waals surface area contributed by atoms with E-state index in [1.54, 1.807) is 5.01 Å². The van der Waals surface area contributed by atoms with Gasteiger partial charge in [0.2, 0.25) is 0 Å². The molecular formula is C7H13N3O2. The van der Waals surface area contributed by atoms with Gasteiger partial charge < -0.3 is 4.74 Å². The van der Waals surface area contributed by atoms with Crippen LogP contribution >= 0.6 is 0 Å². The van der Waals surface area contributed by atoms with E-state index in [0.717, 1.165) is 19.8 Å². The highest BCUT2D eigenvalue weighted by molar-refractivity contribution is 5.83. The molecule has 0 aromatic heterocycles. The number of hydrogen-bond acceptors (Lipinski definition) is 4. The zero-order valence-corrected chi connectivity index (χ0v) is 7.04. The van der Waals surface area contributed by atoms with Gasteiger partial charge in [0.15, 0.2) is 0 Å². The largest absolute Gasteiger partial charge is 0.378 e. The lowest BCUT2D eigenvalue weighted by Crippen LogP contribution is -2.53. The van der Waals surface area contributed by atoms with E-state index in [0.29, 0.717) is 6.04 Å². The molecule has 0 radical (unpaired) electrons. The number of amides is 1. The quantitative estimate of drug-likeness (QED) is 0.521. The summed E-state index contributed by atoms with van der Waals surface area (Å²) < 4.78 is 5.00. The Morgan fingerprint density at radius 2 is 2.42 bits per heavy atom. The Labute approximate surface area is 71.0 Å². The van der Waals surface area contributed by atoms with Gasteiger partial charge in [0.1, 0.15) is 6.04 Å². The van der Waals surface area contributed by atoms with Gasteiger partial charge in [-0.2, -0.15) is 0 Å². The minimum absolute atomic E-state index is 0.0596. The number of nitrogens with one attached hydrogen (secondary N) is 2. The summed E-state index contributed by atoms with van der Waals surface area (Å²) in [6.07, 6.45) is 0. The van der Waals surface area contributed by atoms with Crippen molar-refractivity contribution in [2.75, 3.05) is 26.8 Å². The molecule has 1 unspecified atom stereocenters. The summed E-state index contributed by atoms with van der Waals surface area (Å²) in [7, 11) is 1.86. The lowest BCUT2D eigenvalue weighted by atomic mass is 10.2. The van der Waals surface area contributed by atoms with Crippen LogP contribution in [-0.4, -0.2) is 49.8 Å². The molecule has 2 saturated heterocycles. The van der Waals surface area contributed by atoms with Gasteiger partial charge in [-0.1, -0.05) is 0 Å². The van der Waals surface area contributed by atoms with Crippen LogP contribution in [0.15, 0.2) is 0 Å². The number of carbonyl (C=O) groups is 1. The van der Waals surface area contributed by atoms with Crippen molar-refractivity contribution >= 4 is 5.91 Å². The molecule has 68 valence electrons. The molecule has 0 saturated carbocycles. The SMILES string of the molecule is CN1CC(NC2COC2)C(=O)N1. The first kappa shape index (κ1) is 7.97. The van der Waals surface area contributed by atoms with Crippen LogP contribution in [0.1, 0.15) is 0 Å². The second kappa shape index (κ2) is 3.01. The van der Waals surface area contributed by atoms with E-state index in [1.165, 1.54) is 0 Å². The third kappa shape index (κ3) is 1.43. The van der Waals surface area contributed by atoms with Crippen LogP contribution in [0.4, 0.5) is 0 Å². The van der Waals surface area contributed by atoms with Gasteiger partial charge in [-0.05, 0) is 0 Å². The number of hydrazine groups is 1. The second-order valence-electron chi connectivity index (χ2n) is 3.31. The van der Waals surface area contributed by atoms with Crippen molar-refractivity contribution in [1.29, 1.82) is 0 Å². The number of hydrogen-bond donors (Lipinski definition) is 2. The molecule has 2 N–H and O–H groups in total. The monoisotopic (exact) mass is 171 g/mol. The summed E-state index contributed by atoms with van der Waals surface area (Å²) in [5.41, 5.74) is 2.71. The minimum atomic E-state index is -0.0658. The smallest absolute Gasteiger partial charge is 0.252 e. The van der Waals surface area contributed by atoms with E-state index in [4.69, 9.17) is 4.74 Å². The van der Waals surface area contributed by atoms with Crippen molar-refractivity contribution in [1.82, 2.24) is 15.8 Å². The predicted octanol–water partition coefficient (Wildman–Crippen LogP) is -1.68. The maximum atomic E-state index is 11.2. The molecule has 12 heavy (non-hydrogen) atoms. The highest BCUT2D eigenvalue weighted by Crippen LogP contribution is 2.04. The van der Waals surface area contributed by atoms with Gasteiger partial charge in [0.05, 0.1) is 19.3 Å². The fourth-order valence-corrected chi connectivity index (χ4v) is 1.41. The van der Waals surface area contributed by atoms with Crippen molar-refractivity contribution in [3.05, 3.63) is 0 Å². The molecule has 0 aliphatic carbocycles. The molecule has 1 atom stereocenters. The van der Waals surface area contributed by atoms with Gasteiger partial charge >= 0.3 is 0 Å². The molecule has 1 amide bonds. The summed E-state index contributed by atoms with van der Waals surface area (Å²) in [4.78, 5) is 11.2. The highest BCUT2D eigenvalue weighted by Gasteiger charge is 2.31. The van der Waals surface area contributed by atoms with Gasteiger partial charge in [0.25, 0.3) is 5.91 Å². The van der Waals surface area contributed by atoms with Crippen LogP contribution in [0.5, 0.6) is 0 Å². The van der Waals surface area contributed by atoms with Gasteiger partial charge in [-0.3, -0.25) is 15.5 Å². The number of carbonyl (C=O) groups excluding carboxylic acids is 1. The molecule has 2 aliphatic heterocycles. The number of ether oxygens (including phenoxy) is 1. The molecule has 0 spiro atoms. The van der Waals surface area contributed by atoms with Crippen molar-refractivity contribution in [3.63, 3.8) is 0 Å². The van der Waals surface area contributed by atoms with Crippen LogP contribution in [0.25, 0.3) is 0 Å². The third-order valence-electron chi connectivity index (χ3n) is 2.15. The van der Waals surface area contributed by atoms with Crippen LogP contribution in [0, 0.1) is 0 Å². The summed E-state index contributed by atoms with van der Waals surface area (Å²) >= 11 is 0. The number of nitrogens with zero attached hydrogens (tertiary/aromatic N) is 1. The average Bonchev–Trinajstić information content (AvgIpc) is 2.21. The van der Waals surface area contributed by atoms with Crippen LogP contribution in [-0.2, 0) is 9.53 Å². The Morgan fingerprint density at radius 3 is 2.83 bits per heavy atom. The first-order valence-corrected chi connectivity index (χ1v) is 4.11. The Bertz CT molecular complexity index is 193. The van der Waals surface area contributed by atoms with Gasteiger partial charge in [-0.15, -0.1) is 0 Å². The molecule has 5 nitrogen and oxygen atoms in total. The zero-order valence-electron chi connectivity index (χ0n) is 7.04. The van der Waals surface area contributed by atoms with Crippen LogP contribution in [0.3, 0.4) is 0 Å². The molecule has 2 heterocycles. The van der Waals surface area contributed by atoms with E-state index >= 15 is 0 Å². The Morgan fingerprint density at radius 1 is 1.67 bits per heavy atom. The summed E-state index contributed by atoms with van der Waals surface area (Å²) in [6.45, 7) is 2.19. The normalized spacial score (nSPS) is 31.8. The van der Waals surface area contributed by atoms with Gasteiger partial charge in [-0.25, -0.2) is 5.01 Å². The van der Waals surface area contributed by atoms with Crippen molar-refractivity contribution in [2.45, 2.75) is 12.1 Å². The van der Waals surface area contributed by atoms with E-state index in [-0.39, 0.29) is 11.9 Å². The fraction of sp³-hybridized carbons (Fsp3) is 0.857. The first-order valence-electron chi connectivity index (χ1n) is 4.11. The maximum absolute atomic E-state index is 11.2. The van der Waals surface area contributed by atoms with Gasteiger partial charge in [0, 0.05) is 13.6 Å². The Kier molecular flexibility index (Phi) is 2.00. The van der Waals surface area contributed by atoms with E-state index in [9.17, 15) is 4.79 Å². The molecule has 0 aromatic rings. The van der Waals surface area contributed by atoms with Crippen molar-refractivity contribution in [2.24, 2.45) is 0 Å². The zero-order chi connectivity index (χ0) is 8.55. The molecule has 2 aliphatic rings. The molecule has 0 bridgehead atoms. The molecule has 0 aromatic carbocycles. The summed E-state index contributed by atoms with van der Waals surface area (Å²) in [5, 5.41) is 5.01. The Hall–Kier alpha value is -0.650.